The van der Waals surface area contributed by atoms with Crippen molar-refractivity contribution in [3.05, 3.63) is 0 Å². The van der Waals surface area contributed by atoms with Gasteiger partial charge < -0.3 is 0 Å². The highest BCUT2D eigenvalue weighted by Crippen LogP contribution is 1.48. The highest BCUT2D eigenvalue weighted by atomic mass is 28.2. The van der Waals surface area contributed by atoms with E-state index in [-0.39, 0.29) is 0 Å². The van der Waals surface area contributed by atoms with Crippen LogP contribution in [0.15, 0.2) is 0 Å². The Bertz CT molecular complexity index is 21.6. The van der Waals surface area contributed by atoms with Gasteiger partial charge in [-0.3, -0.25) is 10.1 Å². The first kappa shape index (κ1) is 5.14. The Kier molecular flexibility index (Phi) is 2.44. The molecule has 5 heavy (non-hydrogen) atoms. The molecule has 0 aromatic rings. The first-order chi connectivity index (χ1) is 2.27. The van der Waals surface area contributed by atoms with E-state index in [0.29, 0.717) is 0 Å². The van der Waals surface area contributed by atoms with Crippen LogP contribution in [0.5, 0.6) is 0 Å². The fraction of sp³-hybridized carbons (Fsp3) is 1.00. The van der Waals surface area contributed by atoms with E-state index in [1.807, 2.05) is 14.1 Å². The predicted molar refractivity (Wildman–Crippen MR) is 22.6 cm³/mol. The first-order valence-corrected chi connectivity index (χ1v) is 1.87. The molecule has 0 atom stereocenters. The van der Waals surface area contributed by atoms with Crippen LogP contribution in [0.4, 0.5) is 0 Å². The molecule has 0 saturated carbocycles. The third-order valence-corrected chi connectivity index (χ3v) is 0.671. The van der Waals surface area contributed by atoms with Crippen LogP contribution >= 0.6 is 0 Å². The average molecular weight is 87.2 g/mol. The van der Waals surface area contributed by atoms with Crippen molar-refractivity contribution < 1.29 is 0 Å². The van der Waals surface area contributed by atoms with Gasteiger partial charge in [-0.15, -0.1) is 0 Å². The maximum absolute atomic E-state index is 3.03. The topological polar surface area (TPSA) is 15.3 Å². The second-order valence-electron chi connectivity index (χ2n) is 1.01. The van der Waals surface area contributed by atoms with Crippen LogP contribution in [0.3, 0.4) is 0 Å². The fourth-order valence-corrected chi connectivity index (χ4v) is 0. The minimum absolute atomic E-state index is 1.79. The lowest BCUT2D eigenvalue weighted by atomic mass is 11.2. The van der Waals surface area contributed by atoms with Crippen LogP contribution in [0.1, 0.15) is 0 Å². The van der Waals surface area contributed by atoms with Gasteiger partial charge in [-0.1, -0.05) is 0 Å². The van der Waals surface area contributed by atoms with Gasteiger partial charge in [0.25, 0.3) is 0 Å². The Hall–Kier alpha value is 0.137. The van der Waals surface area contributed by atoms with Gasteiger partial charge in [-0.05, 0) is 0 Å². The molecular weight excluding hydrogens is 80.1 g/mol. The highest BCUT2D eigenvalue weighted by molar-refractivity contribution is 6.03. The Morgan fingerprint density at radius 2 is 1.80 bits per heavy atom. The number of nitrogens with one attached hydrogen (secondary N) is 1. The SMILES string of the molecule is CN(C)N[Si]. The van der Waals surface area contributed by atoms with E-state index in [9.17, 15) is 0 Å². The lowest BCUT2D eigenvalue weighted by Gasteiger charge is -2.02. The minimum Gasteiger partial charge on any atom is -0.282 e. The van der Waals surface area contributed by atoms with Gasteiger partial charge in [-0.2, -0.15) is 0 Å². The molecule has 0 heterocycles. The molecule has 1 N–H and O–H groups in total. The molecule has 0 unspecified atom stereocenters. The maximum atomic E-state index is 3.03. The molecule has 0 aliphatic rings. The van der Waals surface area contributed by atoms with Gasteiger partial charge in [-0.25, -0.2) is 0 Å². The van der Waals surface area contributed by atoms with E-state index in [4.69, 9.17) is 0 Å². The van der Waals surface area contributed by atoms with Crippen molar-refractivity contribution >= 4 is 10.4 Å². The van der Waals surface area contributed by atoms with Crippen molar-refractivity contribution in [2.75, 3.05) is 14.1 Å². The van der Waals surface area contributed by atoms with Crippen molar-refractivity contribution in [1.82, 2.24) is 10.1 Å². The largest absolute Gasteiger partial charge is 0.282 e. The monoisotopic (exact) mass is 87.0 g/mol. The molecule has 0 aliphatic carbocycles. The van der Waals surface area contributed by atoms with Crippen LogP contribution in [-0.4, -0.2) is 29.5 Å². The van der Waals surface area contributed by atoms with E-state index in [2.05, 4.69) is 15.5 Å². The lowest BCUT2D eigenvalue weighted by molar-refractivity contribution is 0.377. The normalized spacial score (nSPS) is 9.60. The van der Waals surface area contributed by atoms with Crippen molar-refractivity contribution in [2.24, 2.45) is 0 Å². The molecule has 0 aliphatic heterocycles. The summed E-state index contributed by atoms with van der Waals surface area (Å²) in [5, 5.41) is 4.46. The highest BCUT2D eigenvalue weighted by Gasteiger charge is 1.69. The predicted octanol–water partition coefficient (Wildman–Crippen LogP) is -0.864. The average Bonchev–Trinajstić information content (AvgIpc) is 1.38. The Balaban J connectivity index is 2.54. The summed E-state index contributed by atoms with van der Waals surface area (Å²) in [6, 6.07) is 0. The van der Waals surface area contributed by atoms with Gasteiger partial charge in [0.15, 0.2) is 10.4 Å². The van der Waals surface area contributed by atoms with Gasteiger partial charge in [0.05, 0.1) is 0 Å². The second-order valence-corrected chi connectivity index (χ2v) is 1.23. The molecule has 0 fully saturated rings. The molecule has 3 heteroatoms. The molecule has 0 spiro atoms. The summed E-state index contributed by atoms with van der Waals surface area (Å²) in [5.74, 6) is 0. The fourth-order valence-electron chi connectivity index (χ4n) is 0. The summed E-state index contributed by atoms with van der Waals surface area (Å²) in [7, 11) is 6.82. The van der Waals surface area contributed by atoms with E-state index in [1.54, 1.807) is 5.01 Å². The Morgan fingerprint density at radius 1 is 1.60 bits per heavy atom. The van der Waals surface area contributed by atoms with Crippen molar-refractivity contribution in [2.45, 2.75) is 0 Å². The van der Waals surface area contributed by atoms with Crippen molar-refractivity contribution in [3.63, 3.8) is 0 Å². The molecule has 0 bridgehead atoms. The van der Waals surface area contributed by atoms with E-state index in [1.165, 1.54) is 0 Å². The van der Waals surface area contributed by atoms with Crippen LogP contribution < -0.4 is 5.09 Å². The molecule has 0 amide bonds. The third-order valence-electron chi connectivity index (χ3n) is 0.224. The molecule has 0 saturated heterocycles. The van der Waals surface area contributed by atoms with Gasteiger partial charge in [0.1, 0.15) is 0 Å². The number of hydrogen-bond donors (Lipinski definition) is 1. The smallest absolute Gasteiger partial charge is 0.162 e. The zero-order valence-electron chi connectivity index (χ0n) is 3.45. The Morgan fingerprint density at radius 3 is 1.80 bits per heavy atom. The molecular formula is C2H7N2Si. The Labute approximate surface area is 35.6 Å². The zero-order valence-corrected chi connectivity index (χ0v) is 4.45. The molecule has 0 aromatic heterocycles. The van der Waals surface area contributed by atoms with Crippen LogP contribution in [0.25, 0.3) is 0 Å². The van der Waals surface area contributed by atoms with E-state index >= 15 is 0 Å². The summed E-state index contributed by atoms with van der Waals surface area (Å²) >= 11 is 0. The molecule has 0 rings (SSSR count). The van der Waals surface area contributed by atoms with Crippen LogP contribution in [-0.2, 0) is 0 Å². The van der Waals surface area contributed by atoms with E-state index < -0.39 is 0 Å². The lowest BCUT2D eigenvalue weighted by Crippen LogP contribution is -2.26. The summed E-state index contributed by atoms with van der Waals surface area (Å²) < 4.78 is 0. The zero-order chi connectivity index (χ0) is 4.28. The second kappa shape index (κ2) is 2.38. The quantitative estimate of drug-likeness (QED) is 0.330. The minimum atomic E-state index is 1.79. The summed E-state index contributed by atoms with van der Waals surface area (Å²) in [4.78, 5) is 0. The van der Waals surface area contributed by atoms with Gasteiger partial charge in [0.2, 0.25) is 0 Å². The van der Waals surface area contributed by atoms with Crippen molar-refractivity contribution in [3.8, 4) is 0 Å². The maximum Gasteiger partial charge on any atom is 0.162 e. The van der Waals surface area contributed by atoms with Crippen LogP contribution in [0.2, 0.25) is 0 Å². The number of hydrazine groups is 1. The number of hydrogen-bond acceptors (Lipinski definition) is 2. The number of nitrogens with zero attached hydrogens (tertiary/aromatic N) is 1. The summed E-state index contributed by atoms with van der Waals surface area (Å²) in [5.41, 5.74) is 0. The summed E-state index contributed by atoms with van der Waals surface area (Å²) in [6.45, 7) is 0. The third kappa shape index (κ3) is 4.14. The standard InChI is InChI=1S/C2H7N2Si/c1-4(2)3-5/h3H,1-2H3. The first-order valence-electron chi connectivity index (χ1n) is 1.37. The van der Waals surface area contributed by atoms with Crippen molar-refractivity contribution in [1.29, 1.82) is 0 Å². The van der Waals surface area contributed by atoms with Gasteiger partial charge >= 0.3 is 0 Å². The van der Waals surface area contributed by atoms with Gasteiger partial charge in [0, 0.05) is 14.1 Å². The summed E-state index contributed by atoms with van der Waals surface area (Å²) in [6.07, 6.45) is 0. The molecule has 29 valence electrons. The molecule has 2 nitrogen and oxygen atoms in total. The van der Waals surface area contributed by atoms with Crippen LogP contribution in [0, 0.1) is 0 Å². The van der Waals surface area contributed by atoms with E-state index in [0.717, 1.165) is 0 Å². The molecule has 0 aromatic carbocycles. The molecule has 3 radical (unpaired) electrons. The number of rotatable bonds is 1.